The van der Waals surface area contributed by atoms with Crippen LogP contribution in [0.3, 0.4) is 0 Å². The molecule has 126 valence electrons. The highest BCUT2D eigenvalue weighted by molar-refractivity contribution is 5.59. The first-order valence-corrected chi connectivity index (χ1v) is 8.19. The highest BCUT2D eigenvalue weighted by Crippen LogP contribution is 2.26. The summed E-state index contributed by atoms with van der Waals surface area (Å²) >= 11 is 0. The summed E-state index contributed by atoms with van der Waals surface area (Å²) in [5.74, 6) is -0.224. The Bertz CT molecular complexity index is 654. The summed E-state index contributed by atoms with van der Waals surface area (Å²) in [6.45, 7) is 3.25. The third kappa shape index (κ3) is 3.63. The molecule has 2 atom stereocenters. The molecule has 0 aliphatic carbocycles. The van der Waals surface area contributed by atoms with Crippen molar-refractivity contribution in [2.45, 2.75) is 12.1 Å². The van der Waals surface area contributed by atoms with E-state index in [9.17, 15) is 9.18 Å². The SMILES string of the molecule is NC(C=O)C(c1ccccc1)N1CCN(c2ccc(F)cc2)CC1. The lowest BCUT2D eigenvalue weighted by atomic mass is 9.98. The molecule has 4 nitrogen and oxygen atoms in total. The van der Waals surface area contributed by atoms with E-state index in [0.29, 0.717) is 0 Å². The van der Waals surface area contributed by atoms with E-state index in [1.807, 2.05) is 30.3 Å². The fourth-order valence-corrected chi connectivity index (χ4v) is 3.31. The molecule has 5 heteroatoms. The fraction of sp³-hybridized carbons (Fsp3) is 0.316. The van der Waals surface area contributed by atoms with E-state index in [0.717, 1.165) is 43.7 Å². The minimum Gasteiger partial charge on any atom is -0.369 e. The first kappa shape index (κ1) is 16.6. The number of nitrogens with two attached hydrogens (primary N) is 1. The molecule has 2 aromatic rings. The molecule has 1 aliphatic rings. The quantitative estimate of drug-likeness (QED) is 0.856. The van der Waals surface area contributed by atoms with Crippen molar-refractivity contribution in [3.05, 3.63) is 66.0 Å². The molecular weight excluding hydrogens is 305 g/mol. The molecule has 0 radical (unpaired) electrons. The number of carbonyl (C=O) groups is 1. The summed E-state index contributed by atoms with van der Waals surface area (Å²) in [6.07, 6.45) is 0.823. The van der Waals surface area contributed by atoms with Gasteiger partial charge in [-0.2, -0.15) is 0 Å². The summed E-state index contributed by atoms with van der Waals surface area (Å²) in [6, 6.07) is 15.8. The minimum atomic E-state index is -0.551. The Morgan fingerprint density at radius 3 is 2.17 bits per heavy atom. The first-order valence-electron chi connectivity index (χ1n) is 8.19. The third-order valence-corrected chi connectivity index (χ3v) is 4.56. The highest BCUT2D eigenvalue weighted by Gasteiger charge is 2.29. The minimum absolute atomic E-state index is 0.112. The van der Waals surface area contributed by atoms with Gasteiger partial charge < -0.3 is 15.4 Å². The molecule has 2 unspecified atom stereocenters. The standard InChI is InChI=1S/C19H22FN3O/c20-16-6-8-17(9-7-16)22-10-12-23(13-11-22)19(18(21)14-24)15-4-2-1-3-5-15/h1-9,14,18-19H,10-13,21H2. The van der Waals surface area contributed by atoms with Crippen molar-refractivity contribution in [3.8, 4) is 0 Å². The molecule has 0 aromatic heterocycles. The van der Waals surface area contributed by atoms with Crippen LogP contribution < -0.4 is 10.6 Å². The Morgan fingerprint density at radius 2 is 1.58 bits per heavy atom. The highest BCUT2D eigenvalue weighted by atomic mass is 19.1. The molecule has 24 heavy (non-hydrogen) atoms. The largest absolute Gasteiger partial charge is 0.369 e. The number of aldehydes is 1. The number of halogens is 1. The van der Waals surface area contributed by atoms with Crippen molar-refractivity contribution < 1.29 is 9.18 Å². The number of hydrogen-bond acceptors (Lipinski definition) is 4. The second kappa shape index (κ2) is 7.55. The van der Waals surface area contributed by atoms with E-state index in [1.165, 1.54) is 12.1 Å². The van der Waals surface area contributed by atoms with Crippen LogP contribution >= 0.6 is 0 Å². The zero-order chi connectivity index (χ0) is 16.9. The van der Waals surface area contributed by atoms with Gasteiger partial charge >= 0.3 is 0 Å². The van der Waals surface area contributed by atoms with Crippen molar-refractivity contribution in [3.63, 3.8) is 0 Å². The van der Waals surface area contributed by atoms with Crippen LogP contribution in [0.2, 0.25) is 0 Å². The predicted molar refractivity (Wildman–Crippen MR) is 93.4 cm³/mol. The van der Waals surface area contributed by atoms with Crippen molar-refractivity contribution >= 4 is 12.0 Å². The fourth-order valence-electron chi connectivity index (χ4n) is 3.31. The summed E-state index contributed by atoms with van der Waals surface area (Å²) in [7, 11) is 0. The van der Waals surface area contributed by atoms with E-state index < -0.39 is 6.04 Å². The van der Waals surface area contributed by atoms with Crippen LogP contribution in [0.5, 0.6) is 0 Å². The third-order valence-electron chi connectivity index (χ3n) is 4.56. The Kier molecular flexibility index (Phi) is 5.23. The average molecular weight is 327 g/mol. The smallest absolute Gasteiger partial charge is 0.138 e. The van der Waals surface area contributed by atoms with Gasteiger partial charge in [0.15, 0.2) is 0 Å². The first-order chi connectivity index (χ1) is 11.7. The molecule has 3 rings (SSSR count). The van der Waals surface area contributed by atoms with E-state index in [1.54, 1.807) is 12.1 Å². The summed E-state index contributed by atoms with van der Waals surface area (Å²) < 4.78 is 13.1. The van der Waals surface area contributed by atoms with Gasteiger partial charge in [0.1, 0.15) is 12.1 Å². The van der Waals surface area contributed by atoms with Gasteiger partial charge in [0.05, 0.1) is 12.1 Å². The maximum atomic E-state index is 13.1. The van der Waals surface area contributed by atoms with E-state index in [4.69, 9.17) is 5.73 Å². The molecule has 2 aromatic carbocycles. The van der Waals surface area contributed by atoms with E-state index >= 15 is 0 Å². The van der Waals surface area contributed by atoms with Crippen LogP contribution in [0, 0.1) is 5.82 Å². The summed E-state index contributed by atoms with van der Waals surface area (Å²) in [5.41, 5.74) is 8.16. The van der Waals surface area contributed by atoms with Crippen molar-refractivity contribution in [1.82, 2.24) is 4.90 Å². The summed E-state index contributed by atoms with van der Waals surface area (Å²) in [4.78, 5) is 15.8. The topological polar surface area (TPSA) is 49.6 Å². The maximum absolute atomic E-state index is 13.1. The Morgan fingerprint density at radius 1 is 0.958 bits per heavy atom. The molecule has 1 fully saturated rings. The van der Waals surface area contributed by atoms with Crippen molar-refractivity contribution in [1.29, 1.82) is 0 Å². The molecular formula is C19H22FN3O. The van der Waals surface area contributed by atoms with E-state index in [-0.39, 0.29) is 11.9 Å². The van der Waals surface area contributed by atoms with Gasteiger partial charge in [-0.05, 0) is 29.8 Å². The molecule has 0 amide bonds. The van der Waals surface area contributed by atoms with Crippen LogP contribution in [0.1, 0.15) is 11.6 Å². The van der Waals surface area contributed by atoms with Gasteiger partial charge in [-0.25, -0.2) is 4.39 Å². The van der Waals surface area contributed by atoms with E-state index in [2.05, 4.69) is 9.80 Å². The molecule has 0 spiro atoms. The van der Waals surface area contributed by atoms with Gasteiger partial charge in [-0.3, -0.25) is 4.90 Å². The lowest BCUT2D eigenvalue weighted by molar-refractivity contribution is -0.110. The predicted octanol–water partition coefficient (Wildman–Crippen LogP) is 2.22. The van der Waals surface area contributed by atoms with Crippen LogP contribution in [0.25, 0.3) is 0 Å². The van der Waals surface area contributed by atoms with Crippen LogP contribution in [0.15, 0.2) is 54.6 Å². The Balaban J connectivity index is 1.71. The molecule has 0 saturated carbocycles. The number of piperazine rings is 1. The normalized spacial score (nSPS) is 18.2. The number of anilines is 1. The zero-order valence-electron chi connectivity index (χ0n) is 13.5. The second-order valence-electron chi connectivity index (χ2n) is 6.07. The molecule has 2 N–H and O–H groups in total. The van der Waals surface area contributed by atoms with Gasteiger partial charge in [0.25, 0.3) is 0 Å². The number of benzene rings is 2. The van der Waals surface area contributed by atoms with Crippen molar-refractivity contribution in [2.75, 3.05) is 31.1 Å². The molecule has 1 saturated heterocycles. The second-order valence-corrected chi connectivity index (χ2v) is 6.07. The van der Waals surface area contributed by atoms with Gasteiger partial charge in [0, 0.05) is 31.9 Å². The number of rotatable bonds is 5. The Hall–Kier alpha value is -2.24. The number of nitrogens with zero attached hydrogens (tertiary/aromatic N) is 2. The van der Waals surface area contributed by atoms with Gasteiger partial charge in [-0.1, -0.05) is 30.3 Å². The zero-order valence-corrected chi connectivity index (χ0v) is 13.5. The van der Waals surface area contributed by atoms with Crippen LogP contribution in [-0.4, -0.2) is 43.4 Å². The van der Waals surface area contributed by atoms with Crippen LogP contribution in [-0.2, 0) is 4.79 Å². The summed E-state index contributed by atoms with van der Waals surface area (Å²) in [5, 5.41) is 0. The van der Waals surface area contributed by atoms with Gasteiger partial charge in [0.2, 0.25) is 0 Å². The number of hydrogen-bond donors (Lipinski definition) is 1. The Labute approximate surface area is 141 Å². The van der Waals surface area contributed by atoms with Crippen LogP contribution in [0.4, 0.5) is 10.1 Å². The van der Waals surface area contributed by atoms with Gasteiger partial charge in [-0.15, -0.1) is 0 Å². The monoisotopic (exact) mass is 327 g/mol. The average Bonchev–Trinajstić information content (AvgIpc) is 2.64. The lowest BCUT2D eigenvalue weighted by Gasteiger charge is -2.41. The van der Waals surface area contributed by atoms with Crippen molar-refractivity contribution in [2.24, 2.45) is 5.73 Å². The lowest BCUT2D eigenvalue weighted by Crippen LogP contribution is -2.51. The molecule has 1 heterocycles. The molecule has 0 bridgehead atoms. The maximum Gasteiger partial charge on any atom is 0.138 e. The molecule has 1 aliphatic heterocycles. The number of carbonyl (C=O) groups excluding carboxylic acids is 1.